The highest BCUT2D eigenvalue weighted by Gasteiger charge is 2.40. The SMILES string of the molecule is C=C1c2cc(Cl)ccc2N(C(=O)c2ccc(NC(=O)c3ccccc3Cl)nc2)CCC1(F)F. The molecule has 3 aromatic rings. The lowest BCUT2D eigenvalue weighted by Crippen LogP contribution is -2.33. The second-order valence-corrected chi connectivity index (χ2v) is 8.26. The molecule has 0 aliphatic carbocycles. The predicted octanol–water partition coefficient (Wildman–Crippen LogP) is 6.34. The third kappa shape index (κ3) is 4.60. The standard InChI is InChI=1S/C24H17Cl2F2N3O2/c1-14-18-12-16(25)7-8-20(18)31(11-10-24(14,27)28)23(33)15-6-9-21(29-13-15)30-22(32)17-4-2-3-5-19(17)26/h2-9,12-13H,1,10-11H2,(H,29,30,32). The molecule has 0 saturated carbocycles. The van der Waals surface area contributed by atoms with Gasteiger partial charge in [-0.25, -0.2) is 13.8 Å². The lowest BCUT2D eigenvalue weighted by molar-refractivity contribution is 0.0604. The molecule has 0 unspecified atom stereocenters. The number of benzene rings is 2. The number of carbonyl (C=O) groups excluding carboxylic acids is 2. The van der Waals surface area contributed by atoms with Gasteiger partial charge in [0.2, 0.25) is 0 Å². The zero-order chi connectivity index (χ0) is 23.8. The Bertz CT molecular complexity index is 1260. The summed E-state index contributed by atoms with van der Waals surface area (Å²) in [4.78, 5) is 31.0. The summed E-state index contributed by atoms with van der Waals surface area (Å²) >= 11 is 12.0. The van der Waals surface area contributed by atoms with Crippen molar-refractivity contribution in [2.75, 3.05) is 16.8 Å². The van der Waals surface area contributed by atoms with Gasteiger partial charge in [-0.3, -0.25) is 9.59 Å². The summed E-state index contributed by atoms with van der Waals surface area (Å²) in [6.45, 7) is 3.32. The van der Waals surface area contributed by atoms with Gasteiger partial charge in [-0.1, -0.05) is 41.9 Å². The summed E-state index contributed by atoms with van der Waals surface area (Å²) in [6.07, 6.45) is 0.696. The Labute approximate surface area is 198 Å². The summed E-state index contributed by atoms with van der Waals surface area (Å²) in [6, 6.07) is 13.9. The van der Waals surface area contributed by atoms with Crippen LogP contribution in [0.1, 0.15) is 32.7 Å². The Morgan fingerprint density at radius 2 is 1.85 bits per heavy atom. The molecule has 1 aliphatic rings. The highest BCUT2D eigenvalue weighted by atomic mass is 35.5. The van der Waals surface area contributed by atoms with E-state index < -0.39 is 24.2 Å². The fraction of sp³-hybridized carbons (Fsp3) is 0.125. The number of halogens is 4. The van der Waals surface area contributed by atoms with Crippen LogP contribution in [0.4, 0.5) is 20.3 Å². The summed E-state index contributed by atoms with van der Waals surface area (Å²) in [7, 11) is 0. The highest BCUT2D eigenvalue weighted by molar-refractivity contribution is 6.34. The molecule has 2 aromatic carbocycles. The Morgan fingerprint density at radius 1 is 1.09 bits per heavy atom. The van der Waals surface area contributed by atoms with Crippen molar-refractivity contribution in [2.45, 2.75) is 12.3 Å². The lowest BCUT2D eigenvalue weighted by Gasteiger charge is -2.23. The minimum atomic E-state index is -3.18. The maximum Gasteiger partial charge on any atom is 0.275 e. The van der Waals surface area contributed by atoms with Crippen LogP contribution in [-0.2, 0) is 0 Å². The Morgan fingerprint density at radius 3 is 2.55 bits per heavy atom. The minimum absolute atomic E-state index is 0.120. The van der Waals surface area contributed by atoms with Gasteiger partial charge in [0, 0.05) is 35.3 Å². The second kappa shape index (κ2) is 8.92. The number of fused-ring (bicyclic) bond motifs is 1. The molecule has 0 fully saturated rings. The Hall–Kier alpha value is -3.29. The molecular formula is C24H17Cl2F2N3O2. The van der Waals surface area contributed by atoms with Gasteiger partial charge in [0.1, 0.15) is 5.82 Å². The first-order valence-electron chi connectivity index (χ1n) is 9.88. The van der Waals surface area contributed by atoms with Crippen LogP contribution >= 0.6 is 23.2 Å². The van der Waals surface area contributed by atoms with Crippen molar-refractivity contribution in [3.8, 4) is 0 Å². The van der Waals surface area contributed by atoms with Crippen molar-refractivity contribution >= 4 is 52.1 Å². The van der Waals surface area contributed by atoms with Crippen molar-refractivity contribution in [3.05, 3.63) is 94.1 Å². The van der Waals surface area contributed by atoms with Crippen LogP contribution in [0.2, 0.25) is 10.0 Å². The zero-order valence-corrected chi connectivity index (χ0v) is 18.6. The molecule has 0 bridgehead atoms. The molecular weight excluding hydrogens is 471 g/mol. The van der Waals surface area contributed by atoms with E-state index in [4.69, 9.17) is 23.2 Å². The van der Waals surface area contributed by atoms with E-state index in [0.29, 0.717) is 10.7 Å². The lowest BCUT2D eigenvalue weighted by atomic mass is 9.99. The fourth-order valence-corrected chi connectivity index (χ4v) is 3.89. The summed E-state index contributed by atoms with van der Waals surface area (Å²) in [5.74, 6) is -3.94. The van der Waals surface area contributed by atoms with Gasteiger partial charge < -0.3 is 10.2 Å². The van der Waals surface area contributed by atoms with Gasteiger partial charge in [-0.2, -0.15) is 0 Å². The number of amides is 2. The van der Waals surface area contributed by atoms with Crippen LogP contribution in [0, 0.1) is 0 Å². The first-order chi connectivity index (χ1) is 15.7. The molecule has 33 heavy (non-hydrogen) atoms. The van der Waals surface area contributed by atoms with Gasteiger partial charge in [0.05, 0.1) is 21.8 Å². The van der Waals surface area contributed by atoms with E-state index in [1.54, 1.807) is 24.3 Å². The van der Waals surface area contributed by atoms with Crippen molar-refractivity contribution < 1.29 is 18.4 Å². The number of anilines is 2. The smallest absolute Gasteiger partial charge is 0.275 e. The average molecular weight is 488 g/mol. The van der Waals surface area contributed by atoms with Gasteiger partial charge >= 0.3 is 0 Å². The molecule has 9 heteroatoms. The first-order valence-corrected chi connectivity index (χ1v) is 10.6. The zero-order valence-electron chi connectivity index (χ0n) is 17.1. The van der Waals surface area contributed by atoms with Crippen LogP contribution in [0.5, 0.6) is 0 Å². The van der Waals surface area contributed by atoms with E-state index in [1.165, 1.54) is 41.4 Å². The Balaban J connectivity index is 1.58. The second-order valence-electron chi connectivity index (χ2n) is 7.42. The first kappa shape index (κ1) is 22.9. The number of nitrogens with zero attached hydrogens (tertiary/aromatic N) is 2. The fourth-order valence-electron chi connectivity index (χ4n) is 3.50. The number of carbonyl (C=O) groups is 2. The number of nitrogens with one attached hydrogen (secondary N) is 1. The number of alkyl halides is 2. The molecule has 0 radical (unpaired) electrons. The molecule has 0 saturated heterocycles. The van der Waals surface area contributed by atoms with E-state index in [2.05, 4.69) is 16.9 Å². The molecule has 1 aromatic heterocycles. The van der Waals surface area contributed by atoms with Gasteiger partial charge in [-0.05, 0) is 42.5 Å². The van der Waals surface area contributed by atoms with Crippen LogP contribution in [0.3, 0.4) is 0 Å². The Kier molecular flexibility index (Phi) is 6.19. The highest BCUT2D eigenvalue weighted by Crippen LogP contribution is 2.43. The van der Waals surface area contributed by atoms with E-state index in [1.807, 2.05) is 0 Å². The summed E-state index contributed by atoms with van der Waals surface area (Å²) in [5, 5.41) is 3.16. The van der Waals surface area contributed by atoms with Crippen molar-refractivity contribution in [1.82, 2.24) is 4.98 Å². The number of rotatable bonds is 3. The third-order valence-corrected chi connectivity index (χ3v) is 5.85. The van der Waals surface area contributed by atoms with Crippen LogP contribution in [0.15, 0.2) is 67.4 Å². The molecule has 0 atom stereocenters. The van der Waals surface area contributed by atoms with Gasteiger partial charge in [-0.15, -0.1) is 0 Å². The molecule has 2 amide bonds. The topological polar surface area (TPSA) is 62.3 Å². The van der Waals surface area contributed by atoms with Crippen molar-refractivity contribution in [3.63, 3.8) is 0 Å². The predicted molar refractivity (Wildman–Crippen MR) is 125 cm³/mol. The molecule has 5 nitrogen and oxygen atoms in total. The number of pyridine rings is 1. The van der Waals surface area contributed by atoms with Crippen molar-refractivity contribution in [1.29, 1.82) is 0 Å². The molecule has 168 valence electrons. The van der Waals surface area contributed by atoms with E-state index in [9.17, 15) is 18.4 Å². The largest absolute Gasteiger partial charge is 0.307 e. The monoisotopic (exact) mass is 487 g/mol. The molecule has 2 heterocycles. The maximum atomic E-state index is 14.5. The van der Waals surface area contributed by atoms with Crippen LogP contribution < -0.4 is 10.2 Å². The number of hydrogen-bond acceptors (Lipinski definition) is 3. The number of allylic oxidation sites excluding steroid dienone is 1. The number of hydrogen-bond donors (Lipinski definition) is 1. The minimum Gasteiger partial charge on any atom is -0.307 e. The quantitative estimate of drug-likeness (QED) is 0.468. The average Bonchev–Trinajstić information content (AvgIpc) is 2.88. The normalized spacial score (nSPS) is 14.9. The summed E-state index contributed by atoms with van der Waals surface area (Å²) in [5.41, 5.74) is 0.480. The van der Waals surface area contributed by atoms with Gasteiger partial charge in [0.15, 0.2) is 0 Å². The van der Waals surface area contributed by atoms with E-state index >= 15 is 0 Å². The van der Waals surface area contributed by atoms with Crippen molar-refractivity contribution in [2.24, 2.45) is 0 Å². The summed E-state index contributed by atoms with van der Waals surface area (Å²) < 4.78 is 29.0. The third-order valence-electron chi connectivity index (χ3n) is 5.28. The molecule has 1 N–H and O–H groups in total. The van der Waals surface area contributed by atoms with Crippen LogP contribution in [-0.4, -0.2) is 29.3 Å². The molecule has 1 aliphatic heterocycles. The van der Waals surface area contributed by atoms with E-state index in [0.717, 1.165) is 0 Å². The molecule has 0 spiro atoms. The van der Waals surface area contributed by atoms with Crippen LogP contribution in [0.25, 0.3) is 5.57 Å². The number of aromatic nitrogens is 1. The van der Waals surface area contributed by atoms with E-state index in [-0.39, 0.29) is 39.6 Å². The maximum absolute atomic E-state index is 14.5. The van der Waals surface area contributed by atoms with Gasteiger partial charge in [0.25, 0.3) is 17.7 Å². The molecule has 4 rings (SSSR count).